The molecular weight excluding hydrogens is 242 g/mol. The second kappa shape index (κ2) is 6.04. The third-order valence-corrected chi connectivity index (χ3v) is 4.04. The first-order valence-corrected chi connectivity index (χ1v) is 6.88. The minimum atomic E-state index is 0.332. The van der Waals surface area contributed by atoms with Crippen LogP contribution in [-0.2, 0) is 0 Å². The highest BCUT2D eigenvalue weighted by atomic mass is 16.5. The molecule has 6 nitrogen and oxygen atoms in total. The van der Waals surface area contributed by atoms with Crippen molar-refractivity contribution in [3.05, 3.63) is 0 Å². The quantitative estimate of drug-likeness (QED) is 0.869. The van der Waals surface area contributed by atoms with Gasteiger partial charge in [-0.3, -0.25) is 0 Å². The molecule has 1 heterocycles. The van der Waals surface area contributed by atoms with Crippen LogP contribution in [-0.4, -0.2) is 35.2 Å². The molecule has 2 rings (SSSR count). The molecule has 6 heteroatoms. The average molecular weight is 265 g/mol. The van der Waals surface area contributed by atoms with E-state index in [2.05, 4.69) is 39.4 Å². The molecule has 3 atom stereocenters. The number of aromatic nitrogens is 3. The van der Waals surface area contributed by atoms with Gasteiger partial charge in [0.2, 0.25) is 11.9 Å². The van der Waals surface area contributed by atoms with Gasteiger partial charge in [-0.2, -0.15) is 15.0 Å². The van der Waals surface area contributed by atoms with Crippen LogP contribution < -0.4 is 15.4 Å². The minimum Gasteiger partial charge on any atom is -0.467 e. The zero-order chi connectivity index (χ0) is 13.8. The van der Waals surface area contributed by atoms with Crippen molar-refractivity contribution in [3.8, 4) is 6.01 Å². The zero-order valence-electron chi connectivity index (χ0n) is 12.1. The van der Waals surface area contributed by atoms with E-state index in [1.807, 2.05) is 0 Å². The van der Waals surface area contributed by atoms with Gasteiger partial charge in [-0.15, -0.1) is 0 Å². The molecule has 1 aliphatic carbocycles. The summed E-state index contributed by atoms with van der Waals surface area (Å²) < 4.78 is 5.09. The minimum absolute atomic E-state index is 0.332. The van der Waals surface area contributed by atoms with E-state index in [-0.39, 0.29) is 0 Å². The smallest absolute Gasteiger partial charge is 0.322 e. The van der Waals surface area contributed by atoms with Crippen LogP contribution in [0.4, 0.5) is 11.9 Å². The molecule has 0 bridgehead atoms. The van der Waals surface area contributed by atoms with Gasteiger partial charge in [0.05, 0.1) is 7.11 Å². The molecule has 106 valence electrons. The topological polar surface area (TPSA) is 72.0 Å². The lowest BCUT2D eigenvalue weighted by atomic mass is 9.78. The molecule has 0 radical (unpaired) electrons. The van der Waals surface area contributed by atoms with Crippen LogP contribution in [0.5, 0.6) is 6.01 Å². The Labute approximate surface area is 114 Å². The van der Waals surface area contributed by atoms with Gasteiger partial charge >= 0.3 is 6.01 Å². The van der Waals surface area contributed by atoms with Crippen LogP contribution in [0.25, 0.3) is 0 Å². The highest BCUT2D eigenvalue weighted by Crippen LogP contribution is 2.31. The lowest BCUT2D eigenvalue weighted by molar-refractivity contribution is 0.252. The largest absolute Gasteiger partial charge is 0.467 e. The fraction of sp³-hybridized carbons (Fsp3) is 0.769. The van der Waals surface area contributed by atoms with Gasteiger partial charge in [-0.05, 0) is 18.3 Å². The molecule has 1 fully saturated rings. The molecular formula is C13H23N5O. The van der Waals surface area contributed by atoms with Crippen LogP contribution in [0.3, 0.4) is 0 Å². The Morgan fingerprint density at radius 2 is 1.84 bits per heavy atom. The van der Waals surface area contributed by atoms with Crippen molar-refractivity contribution >= 4 is 11.9 Å². The number of ether oxygens (including phenoxy) is 1. The summed E-state index contributed by atoms with van der Waals surface area (Å²) in [6.45, 7) is 4.60. The van der Waals surface area contributed by atoms with Gasteiger partial charge in [-0.25, -0.2) is 0 Å². The van der Waals surface area contributed by atoms with Crippen molar-refractivity contribution in [2.75, 3.05) is 24.8 Å². The third kappa shape index (κ3) is 3.24. The fourth-order valence-corrected chi connectivity index (χ4v) is 2.58. The number of nitrogens with one attached hydrogen (secondary N) is 2. The Bertz CT molecular complexity index is 403. The molecule has 1 aromatic rings. The normalized spacial score (nSPS) is 26.8. The van der Waals surface area contributed by atoms with Crippen molar-refractivity contribution in [2.24, 2.45) is 11.8 Å². The van der Waals surface area contributed by atoms with Crippen molar-refractivity contribution < 1.29 is 4.74 Å². The summed E-state index contributed by atoms with van der Waals surface area (Å²) in [5.74, 6) is 2.46. The van der Waals surface area contributed by atoms with Gasteiger partial charge in [0.25, 0.3) is 0 Å². The van der Waals surface area contributed by atoms with E-state index in [1.54, 1.807) is 14.2 Å². The van der Waals surface area contributed by atoms with E-state index < -0.39 is 0 Å². The van der Waals surface area contributed by atoms with Crippen LogP contribution in [0.2, 0.25) is 0 Å². The molecule has 2 N–H and O–H groups in total. The second-order valence-electron chi connectivity index (χ2n) is 5.24. The van der Waals surface area contributed by atoms with Crippen LogP contribution in [0, 0.1) is 11.8 Å². The van der Waals surface area contributed by atoms with E-state index in [9.17, 15) is 0 Å². The molecule has 19 heavy (non-hydrogen) atoms. The summed E-state index contributed by atoms with van der Waals surface area (Å²) in [6.07, 6.45) is 3.72. The molecule has 1 aromatic heterocycles. The Morgan fingerprint density at radius 1 is 1.11 bits per heavy atom. The molecule has 0 aliphatic heterocycles. The predicted octanol–water partition coefficient (Wildman–Crippen LogP) is 2.16. The van der Waals surface area contributed by atoms with Crippen molar-refractivity contribution in [1.82, 2.24) is 15.0 Å². The Hall–Kier alpha value is -1.59. The van der Waals surface area contributed by atoms with Gasteiger partial charge in [0.15, 0.2) is 0 Å². The number of rotatable bonds is 4. The molecule has 0 aromatic carbocycles. The molecule has 1 saturated carbocycles. The first kappa shape index (κ1) is 13.8. The van der Waals surface area contributed by atoms with E-state index >= 15 is 0 Å². The molecule has 0 saturated heterocycles. The van der Waals surface area contributed by atoms with Crippen molar-refractivity contribution in [1.29, 1.82) is 0 Å². The van der Waals surface area contributed by atoms with Crippen LogP contribution in [0.15, 0.2) is 0 Å². The maximum Gasteiger partial charge on any atom is 0.322 e. The maximum absolute atomic E-state index is 5.09. The van der Waals surface area contributed by atoms with Gasteiger partial charge in [0.1, 0.15) is 0 Å². The van der Waals surface area contributed by atoms with E-state index in [1.165, 1.54) is 12.8 Å². The Morgan fingerprint density at radius 3 is 2.53 bits per heavy atom. The first-order valence-electron chi connectivity index (χ1n) is 6.88. The predicted molar refractivity (Wildman–Crippen MR) is 75.5 cm³/mol. The summed E-state index contributed by atoms with van der Waals surface area (Å²) in [4.78, 5) is 12.7. The first-order chi connectivity index (χ1) is 9.13. The number of methoxy groups -OCH3 is 1. The Kier molecular flexibility index (Phi) is 4.39. The molecule has 0 amide bonds. The monoisotopic (exact) mass is 265 g/mol. The number of hydrogen-bond acceptors (Lipinski definition) is 6. The molecule has 0 spiro atoms. The summed E-state index contributed by atoms with van der Waals surface area (Å²) in [5.41, 5.74) is 0. The average Bonchev–Trinajstić information content (AvgIpc) is 2.43. The number of hydrogen-bond donors (Lipinski definition) is 2. The van der Waals surface area contributed by atoms with Crippen LogP contribution in [0.1, 0.15) is 33.1 Å². The van der Waals surface area contributed by atoms with E-state index in [0.717, 1.165) is 12.3 Å². The fourth-order valence-electron chi connectivity index (χ4n) is 2.58. The summed E-state index contributed by atoms with van der Waals surface area (Å²) in [7, 11) is 3.34. The lowest BCUT2D eigenvalue weighted by Crippen LogP contribution is -2.35. The second-order valence-corrected chi connectivity index (χ2v) is 5.24. The van der Waals surface area contributed by atoms with E-state index in [0.29, 0.717) is 29.9 Å². The van der Waals surface area contributed by atoms with Crippen LogP contribution >= 0.6 is 0 Å². The number of anilines is 2. The zero-order valence-corrected chi connectivity index (χ0v) is 12.1. The van der Waals surface area contributed by atoms with Gasteiger partial charge in [0, 0.05) is 13.1 Å². The van der Waals surface area contributed by atoms with E-state index in [4.69, 9.17) is 4.74 Å². The lowest BCUT2D eigenvalue weighted by Gasteiger charge is -2.34. The maximum atomic E-state index is 5.09. The van der Waals surface area contributed by atoms with Crippen molar-refractivity contribution in [3.63, 3.8) is 0 Å². The van der Waals surface area contributed by atoms with Gasteiger partial charge < -0.3 is 15.4 Å². The summed E-state index contributed by atoms with van der Waals surface area (Å²) in [6, 6.07) is 0.749. The SMILES string of the molecule is CNc1nc(NC2CCCC(C)C2C)nc(OC)n1. The molecule has 1 aliphatic rings. The van der Waals surface area contributed by atoms with Gasteiger partial charge in [-0.1, -0.05) is 26.7 Å². The highest BCUT2D eigenvalue weighted by Gasteiger charge is 2.27. The standard InChI is InChI=1S/C13H23N5O/c1-8-6-5-7-10(9(8)2)15-12-16-11(14-3)17-13(18-12)19-4/h8-10H,5-7H2,1-4H3,(H2,14,15,16,17,18). The Balaban J connectivity index is 2.13. The highest BCUT2D eigenvalue weighted by molar-refractivity contribution is 5.36. The third-order valence-electron chi connectivity index (χ3n) is 4.04. The number of nitrogens with zero attached hydrogens (tertiary/aromatic N) is 3. The summed E-state index contributed by atoms with van der Waals surface area (Å²) >= 11 is 0. The summed E-state index contributed by atoms with van der Waals surface area (Å²) in [5, 5.41) is 6.35. The molecule has 3 unspecified atom stereocenters. The van der Waals surface area contributed by atoms with Crippen molar-refractivity contribution in [2.45, 2.75) is 39.2 Å².